The van der Waals surface area contributed by atoms with E-state index in [1.165, 1.54) is 49.6 Å². The molecule has 0 spiro atoms. The number of nitrogens with one attached hydrogen (secondary N) is 6. The van der Waals surface area contributed by atoms with Crippen molar-refractivity contribution in [2.75, 3.05) is 7.05 Å². The van der Waals surface area contributed by atoms with Gasteiger partial charge in [0.15, 0.2) is 24.7 Å². The first-order chi connectivity index (χ1) is 46.3. The number of aliphatic imine (C=N–C) groups is 1. The number of nitrogens with zero attached hydrogens (tertiary/aromatic N) is 4. The van der Waals surface area contributed by atoms with Crippen LogP contribution in [0.4, 0.5) is 0 Å². The summed E-state index contributed by atoms with van der Waals surface area (Å²) in [6.45, 7) is 72.0. The van der Waals surface area contributed by atoms with E-state index in [2.05, 4.69) is 169 Å². The van der Waals surface area contributed by atoms with Gasteiger partial charge in [0.2, 0.25) is 0 Å². The molecule has 0 aromatic rings. The van der Waals surface area contributed by atoms with Crippen molar-refractivity contribution in [3.63, 3.8) is 0 Å². The van der Waals surface area contributed by atoms with E-state index in [0.717, 1.165) is 86.1 Å². The third kappa shape index (κ3) is 80.6. The normalized spacial score (nSPS) is 14.1. The molecule has 0 amide bonds. The summed E-state index contributed by atoms with van der Waals surface area (Å²) in [5.74, 6) is 0. The smallest absolute Gasteiger partial charge is 0.180 e. The van der Waals surface area contributed by atoms with Crippen LogP contribution in [0.2, 0.25) is 132 Å². The fourth-order valence-electron chi connectivity index (χ4n) is 8.49. The molecule has 7 atom stereocenters. The summed E-state index contributed by atoms with van der Waals surface area (Å²) in [4.78, 5) is 3.77. The number of aliphatic hydroxyl groups excluding tert-OH is 3. The second-order valence-electron chi connectivity index (χ2n) is 30.7. The van der Waals surface area contributed by atoms with Crippen molar-refractivity contribution in [3.8, 4) is 0 Å². The molecule has 0 rings (SSSR count). The summed E-state index contributed by atoms with van der Waals surface area (Å²) < 4.78 is 13.8. The van der Waals surface area contributed by atoms with E-state index in [1.54, 1.807) is 46.5 Å². The molecule has 0 aromatic heterocycles. The van der Waals surface area contributed by atoms with E-state index in [-0.39, 0.29) is 176 Å². The maximum absolute atomic E-state index is 10.5. The van der Waals surface area contributed by atoms with Crippen LogP contribution in [-0.4, -0.2) is 233 Å². The van der Waals surface area contributed by atoms with Gasteiger partial charge in [0, 0.05) is 234 Å². The molecular formula is C75H170N10Ni10O10Si7. The Hall–Kier alpha value is 2.23. The zero-order valence-corrected chi connectivity index (χ0v) is 92.1. The number of hydrogen-bond donors (Lipinski definition) is 16. The minimum absolute atomic E-state index is 0. The Morgan fingerprint density at radius 1 is 0.375 bits per heavy atom. The molecular weight excluding hydrogens is 1980 g/mol. The van der Waals surface area contributed by atoms with Gasteiger partial charge in [0.1, 0.15) is 11.7 Å². The van der Waals surface area contributed by atoms with Crippen LogP contribution >= 0.6 is 0 Å². The van der Waals surface area contributed by atoms with E-state index in [9.17, 15) is 30.6 Å². The van der Waals surface area contributed by atoms with Crippen LogP contribution in [0.1, 0.15) is 197 Å². The molecule has 0 aromatic carbocycles. The van der Waals surface area contributed by atoms with Gasteiger partial charge in [-0.25, -0.2) is 0 Å². The molecule has 0 saturated carbocycles. The van der Waals surface area contributed by atoms with Gasteiger partial charge in [0.25, 0.3) is 0 Å². The Kier molecular flexibility index (Phi) is 126. The van der Waals surface area contributed by atoms with E-state index in [4.69, 9.17) is 57.5 Å². The van der Waals surface area contributed by atoms with E-state index in [0.29, 0.717) is 32.1 Å². The maximum Gasteiger partial charge on any atom is 0.180 e. The first kappa shape index (κ1) is 165. The summed E-state index contributed by atoms with van der Waals surface area (Å²) in [6.07, 6.45) is 20.4. The Morgan fingerprint density at radius 2 is 0.705 bits per heavy atom. The van der Waals surface area contributed by atoms with Crippen LogP contribution in [-0.2, 0) is 165 Å². The fraction of sp³-hybridized carbons (Fsp3) is 0.813. The molecule has 0 saturated heterocycles. The molecule has 0 aliphatic carbocycles. The third-order valence-corrected chi connectivity index (χ3v) is 46.4. The molecule has 0 aliphatic heterocycles. The second kappa shape index (κ2) is 85.4. The Morgan fingerprint density at radius 3 is 0.830 bits per heavy atom. The van der Waals surface area contributed by atoms with Gasteiger partial charge < -0.3 is 97.5 Å². The molecule has 708 valence electrons. The second-order valence-corrected chi connectivity index (χ2v) is 66.5. The Bertz CT molecular complexity index is 2280. The first-order valence-electron chi connectivity index (χ1n) is 37.9. The molecule has 0 fully saturated rings. The standard InChI is InChI=1S/C14H33NOSi2.C10H23NOSi.C9H19NOSi.C8H21NOSi2.C7H17NOSi.C7H15NO.C6H13NO.C5H11NO.C5H9NO.C4H9NO.10Ni/c1-7-17(8-2,9-3)14(16)13-15-18(10-4,11-5)12-6;1-5-10(12,9-11)13(6-2,7-3)8-4;1-5-9(11)8-10-12(4,6-2)7-3;1-11(2,3)8(10)7-9-12(4,5)6;1-5-7(9,6-8)10(2,3)4;1-4-7(9,5-2)6-8-3;1-3-6(8,4-2)5-7;2*1-3-5(2,7)4-6;1-4(2,6)3-5;;;;;;;;;;/h13-14,16H,7-12H2,1-6H3;9,11-12H,5-8H2,1-4H3;5,8-9,11H,1,6-7H2,2-4H3;7-8,10H,1-6H3;6,8-9H,5H2,1-4H3;6,9H,4-5H2,1-3H3;5,7-8H,3-4H2,1-2H3;4,6-7H,3H2,1-2H3;3-4,6-7H,1H2,2H3;3,5-6H,1-2H3;;;;;;;;;;. The monoisotopic (exact) mass is 2150 g/mol. The van der Waals surface area contributed by atoms with Crippen LogP contribution in [0, 0.1) is 32.5 Å². The fourth-order valence-corrected chi connectivity index (χ4v) is 22.8. The topological polar surface area (TPSA) is 395 Å². The molecule has 112 heavy (non-hydrogen) atoms. The van der Waals surface area contributed by atoms with Crippen molar-refractivity contribution in [1.29, 1.82) is 32.5 Å². The van der Waals surface area contributed by atoms with Crippen molar-refractivity contribution in [3.05, 3.63) is 25.3 Å². The van der Waals surface area contributed by atoms with Crippen molar-refractivity contribution >= 4 is 119 Å². The number of hydrogen-bond acceptors (Lipinski definition) is 20. The van der Waals surface area contributed by atoms with Crippen LogP contribution < -0.4 is 0 Å². The first-order valence-corrected chi connectivity index (χ1v) is 59.1. The third-order valence-electron chi connectivity index (χ3n) is 20.0. The summed E-state index contributed by atoms with van der Waals surface area (Å²) >= 11 is 0. The minimum Gasteiger partial charge on any atom is -0.391 e. The molecule has 16 N–H and O–H groups in total. The molecule has 37 heteroatoms. The van der Waals surface area contributed by atoms with Crippen molar-refractivity contribution in [1.82, 2.24) is 0 Å². The minimum atomic E-state index is -1.66. The molecule has 20 nitrogen and oxygen atoms in total. The van der Waals surface area contributed by atoms with E-state index < -0.39 is 102 Å². The van der Waals surface area contributed by atoms with Gasteiger partial charge >= 0.3 is 0 Å². The molecule has 0 heterocycles. The Balaban J connectivity index is -0.0000000469. The summed E-state index contributed by atoms with van der Waals surface area (Å²) in [5, 5.41) is 134. The SMILES string of the molecule is C=CC(C)(O)C=N.C=CC(O)C=N[Si](C)(CC)CC.CC(C)(O)C=N.CCC(C)(O)C=N.CCC(O)(C=N)CC.CCC(O)(C=N)[Si](C)(C)C.CCC(O)(C=N)[Si](CC)(CC)CC.CCC(O)(C=NC)CC.CC[Si](CC)(CC)N=CC(O)[Si](CC)(CC)CC.C[Si](C)(C)N=CC(O)[Si](C)(C)C.[Ni].[Ni].[Ni].[Ni].[Ni].[Ni].[Ni].[Ni].[Ni].[Ni]. The Labute approximate surface area is 795 Å². The van der Waals surface area contributed by atoms with E-state index >= 15 is 0 Å². The van der Waals surface area contributed by atoms with Gasteiger partial charge in [-0.05, 0) is 129 Å². The summed E-state index contributed by atoms with van der Waals surface area (Å²) in [6, 6.07) is 12.5. The summed E-state index contributed by atoms with van der Waals surface area (Å²) in [5.41, 5.74) is -4.92. The average molecular weight is 2160 g/mol. The van der Waals surface area contributed by atoms with E-state index in [1.807, 2.05) is 54.7 Å². The van der Waals surface area contributed by atoms with Gasteiger partial charge in [-0.1, -0.05) is 219 Å². The van der Waals surface area contributed by atoms with Gasteiger partial charge in [-0.3, -0.25) is 4.99 Å². The van der Waals surface area contributed by atoms with Crippen LogP contribution in [0.3, 0.4) is 0 Å². The molecule has 0 bridgehead atoms. The zero-order chi connectivity index (χ0) is 83.8. The van der Waals surface area contributed by atoms with Crippen molar-refractivity contribution in [2.45, 2.75) is 385 Å². The average Bonchev–Trinajstić information content (AvgIpc) is 0.799. The van der Waals surface area contributed by atoms with Crippen molar-refractivity contribution < 1.29 is 216 Å². The predicted molar refractivity (Wildman–Crippen MR) is 475 cm³/mol. The van der Waals surface area contributed by atoms with Crippen LogP contribution in [0.25, 0.3) is 0 Å². The quantitative estimate of drug-likeness (QED) is 0.0158. The van der Waals surface area contributed by atoms with Gasteiger partial charge in [-0.2, -0.15) is 0 Å². The number of aliphatic hydroxyl groups is 10. The van der Waals surface area contributed by atoms with Gasteiger partial charge in [-0.15, -0.1) is 6.58 Å². The van der Waals surface area contributed by atoms with Crippen LogP contribution in [0.15, 0.2) is 44.3 Å². The molecule has 0 aliphatic rings. The maximum atomic E-state index is 10.5. The zero-order valence-electron chi connectivity index (χ0n) is 75.2. The van der Waals surface area contributed by atoms with Crippen molar-refractivity contribution in [2.24, 2.45) is 19.0 Å². The summed E-state index contributed by atoms with van der Waals surface area (Å²) in [7, 11) is -8.79. The van der Waals surface area contributed by atoms with Gasteiger partial charge in [0.05, 0.1) is 76.6 Å². The molecule has 7 unspecified atom stereocenters. The largest absolute Gasteiger partial charge is 0.391 e. The number of rotatable bonds is 37. The van der Waals surface area contributed by atoms with Crippen LogP contribution in [0.5, 0.6) is 0 Å². The predicted octanol–water partition coefficient (Wildman–Crippen LogP) is 17.5. The molecule has 0 radical (unpaired) electrons.